The van der Waals surface area contributed by atoms with Crippen LogP contribution in [0.1, 0.15) is 36.5 Å². The van der Waals surface area contributed by atoms with Gasteiger partial charge in [-0.2, -0.15) is 4.31 Å². The van der Waals surface area contributed by atoms with Gasteiger partial charge in [0.2, 0.25) is 15.9 Å². The first-order valence-electron chi connectivity index (χ1n) is 10.5. The summed E-state index contributed by atoms with van der Waals surface area (Å²) in [4.78, 5) is 12.7. The Morgan fingerprint density at radius 3 is 2.40 bits per heavy atom. The van der Waals surface area contributed by atoms with Crippen molar-refractivity contribution in [1.82, 2.24) is 9.62 Å². The number of hydrogen-bond donors (Lipinski definition) is 1. The Labute approximate surface area is 179 Å². The molecule has 1 heterocycles. The topological polar surface area (TPSA) is 75.7 Å². The lowest BCUT2D eigenvalue weighted by Gasteiger charge is -2.27. The monoisotopic (exact) mass is 430 g/mol. The number of aryl methyl sites for hydroxylation is 1. The molecule has 162 valence electrons. The van der Waals surface area contributed by atoms with Crippen LogP contribution in [0.15, 0.2) is 53.4 Å². The third-order valence-electron chi connectivity index (χ3n) is 5.24. The maximum Gasteiger partial charge on any atom is 0.243 e. The van der Waals surface area contributed by atoms with Crippen LogP contribution < -0.4 is 5.32 Å². The summed E-state index contributed by atoms with van der Waals surface area (Å²) in [5.41, 5.74) is 2.82. The SMILES string of the molecule is CCCCc1ccc(CC(=O)NCc2ccccc2S(=O)(=O)N2CCOCC2)cc1. The fourth-order valence-electron chi connectivity index (χ4n) is 3.47. The van der Waals surface area contributed by atoms with Crippen LogP contribution in [0.5, 0.6) is 0 Å². The first-order valence-corrected chi connectivity index (χ1v) is 11.9. The third kappa shape index (κ3) is 5.90. The molecule has 0 spiro atoms. The molecule has 30 heavy (non-hydrogen) atoms. The molecular formula is C23H30N2O4S. The van der Waals surface area contributed by atoms with E-state index >= 15 is 0 Å². The predicted molar refractivity (Wildman–Crippen MR) is 117 cm³/mol. The zero-order valence-corrected chi connectivity index (χ0v) is 18.3. The number of morpholine rings is 1. The van der Waals surface area contributed by atoms with E-state index in [0.29, 0.717) is 31.9 Å². The van der Waals surface area contributed by atoms with Crippen LogP contribution in [-0.2, 0) is 38.9 Å². The second kappa shape index (κ2) is 10.7. The van der Waals surface area contributed by atoms with Crippen molar-refractivity contribution in [3.8, 4) is 0 Å². The van der Waals surface area contributed by atoms with Crippen molar-refractivity contribution in [3.05, 3.63) is 65.2 Å². The van der Waals surface area contributed by atoms with Crippen LogP contribution in [0.4, 0.5) is 0 Å². The molecule has 2 aromatic rings. The van der Waals surface area contributed by atoms with Crippen LogP contribution in [0.2, 0.25) is 0 Å². The molecule has 0 atom stereocenters. The van der Waals surface area contributed by atoms with E-state index in [-0.39, 0.29) is 23.8 Å². The minimum atomic E-state index is -3.61. The molecule has 0 unspecified atom stereocenters. The minimum Gasteiger partial charge on any atom is -0.379 e. The van der Waals surface area contributed by atoms with Crippen molar-refractivity contribution in [1.29, 1.82) is 0 Å². The van der Waals surface area contributed by atoms with Gasteiger partial charge in [-0.1, -0.05) is 55.8 Å². The molecule has 0 aromatic heterocycles. The Balaban J connectivity index is 1.61. The summed E-state index contributed by atoms with van der Waals surface area (Å²) in [6.45, 7) is 3.83. The summed E-state index contributed by atoms with van der Waals surface area (Å²) in [5, 5.41) is 2.87. The fraction of sp³-hybridized carbons (Fsp3) is 0.435. The normalized spacial score (nSPS) is 15.1. The molecule has 1 saturated heterocycles. The zero-order chi connectivity index (χ0) is 21.4. The zero-order valence-electron chi connectivity index (χ0n) is 17.5. The van der Waals surface area contributed by atoms with E-state index in [1.165, 1.54) is 9.87 Å². The predicted octanol–water partition coefficient (Wildman–Crippen LogP) is 2.91. The number of carbonyl (C=O) groups excluding carboxylic acids is 1. The molecule has 1 aliphatic heterocycles. The van der Waals surface area contributed by atoms with Gasteiger partial charge in [0.1, 0.15) is 0 Å². The van der Waals surface area contributed by atoms with E-state index in [9.17, 15) is 13.2 Å². The van der Waals surface area contributed by atoms with E-state index in [1.807, 2.05) is 12.1 Å². The number of nitrogens with one attached hydrogen (secondary N) is 1. The highest BCUT2D eigenvalue weighted by molar-refractivity contribution is 7.89. The number of unbranched alkanes of at least 4 members (excludes halogenated alkanes) is 1. The van der Waals surface area contributed by atoms with Crippen LogP contribution in [-0.4, -0.2) is 44.9 Å². The molecule has 3 rings (SSSR count). The lowest BCUT2D eigenvalue weighted by molar-refractivity contribution is -0.120. The molecule has 7 heteroatoms. The van der Waals surface area contributed by atoms with Gasteiger partial charge >= 0.3 is 0 Å². The van der Waals surface area contributed by atoms with Gasteiger partial charge < -0.3 is 10.1 Å². The highest BCUT2D eigenvalue weighted by Crippen LogP contribution is 2.21. The highest BCUT2D eigenvalue weighted by Gasteiger charge is 2.28. The van der Waals surface area contributed by atoms with E-state index in [2.05, 4.69) is 24.4 Å². The summed E-state index contributed by atoms with van der Waals surface area (Å²) in [5.74, 6) is -0.130. The van der Waals surface area contributed by atoms with Crippen molar-refractivity contribution < 1.29 is 17.9 Å². The molecule has 0 radical (unpaired) electrons. The maximum atomic E-state index is 13.0. The number of amides is 1. The number of rotatable bonds is 9. The summed E-state index contributed by atoms with van der Waals surface area (Å²) in [6.07, 6.45) is 3.64. The molecule has 1 amide bonds. The minimum absolute atomic E-state index is 0.130. The van der Waals surface area contributed by atoms with Gasteiger partial charge in [0.25, 0.3) is 0 Å². The molecule has 0 aliphatic carbocycles. The van der Waals surface area contributed by atoms with Crippen molar-refractivity contribution in [2.24, 2.45) is 0 Å². The molecule has 6 nitrogen and oxygen atoms in total. The lowest BCUT2D eigenvalue weighted by atomic mass is 10.0. The summed E-state index contributed by atoms with van der Waals surface area (Å²) in [7, 11) is -3.61. The number of carbonyl (C=O) groups is 1. The van der Waals surface area contributed by atoms with Crippen LogP contribution in [0, 0.1) is 0 Å². The van der Waals surface area contributed by atoms with Gasteiger partial charge in [-0.3, -0.25) is 4.79 Å². The van der Waals surface area contributed by atoms with Gasteiger partial charge in [0.15, 0.2) is 0 Å². The number of sulfonamides is 1. The Morgan fingerprint density at radius 2 is 1.70 bits per heavy atom. The first-order chi connectivity index (χ1) is 14.5. The number of benzene rings is 2. The summed E-state index contributed by atoms with van der Waals surface area (Å²) in [6, 6.07) is 15.0. The second-order valence-corrected chi connectivity index (χ2v) is 9.40. The van der Waals surface area contributed by atoms with Crippen molar-refractivity contribution in [2.45, 2.75) is 44.0 Å². The molecule has 0 bridgehead atoms. The second-order valence-electron chi connectivity index (χ2n) is 7.50. The van der Waals surface area contributed by atoms with E-state index in [4.69, 9.17) is 4.74 Å². The van der Waals surface area contributed by atoms with Crippen molar-refractivity contribution >= 4 is 15.9 Å². The average Bonchev–Trinajstić information content (AvgIpc) is 2.78. The van der Waals surface area contributed by atoms with Crippen LogP contribution >= 0.6 is 0 Å². The standard InChI is InChI=1S/C23H30N2O4S/c1-2-3-6-19-9-11-20(12-10-19)17-23(26)24-18-21-7-4-5-8-22(21)30(27,28)25-13-15-29-16-14-25/h4-5,7-12H,2-3,6,13-18H2,1H3,(H,24,26). The molecule has 0 saturated carbocycles. The average molecular weight is 431 g/mol. The van der Waals surface area contributed by atoms with Gasteiger partial charge in [-0.15, -0.1) is 0 Å². The Kier molecular flexibility index (Phi) is 8.01. The Morgan fingerprint density at radius 1 is 1.03 bits per heavy atom. The maximum absolute atomic E-state index is 13.0. The van der Waals surface area contributed by atoms with Crippen LogP contribution in [0.3, 0.4) is 0 Å². The summed E-state index contributed by atoms with van der Waals surface area (Å²) < 4.78 is 32.7. The van der Waals surface area contributed by atoms with Gasteiger partial charge in [0.05, 0.1) is 24.5 Å². The quantitative estimate of drug-likeness (QED) is 0.664. The Bertz CT molecular complexity index is 936. The van der Waals surface area contributed by atoms with Gasteiger partial charge in [-0.25, -0.2) is 8.42 Å². The molecule has 1 N–H and O–H groups in total. The first kappa shape index (κ1) is 22.5. The summed E-state index contributed by atoms with van der Waals surface area (Å²) >= 11 is 0. The van der Waals surface area contributed by atoms with Crippen molar-refractivity contribution in [2.75, 3.05) is 26.3 Å². The third-order valence-corrected chi connectivity index (χ3v) is 7.24. The molecule has 1 fully saturated rings. The van der Waals surface area contributed by atoms with E-state index in [1.54, 1.807) is 24.3 Å². The highest BCUT2D eigenvalue weighted by atomic mass is 32.2. The lowest BCUT2D eigenvalue weighted by Crippen LogP contribution is -2.41. The number of nitrogens with zero attached hydrogens (tertiary/aromatic N) is 1. The van der Waals surface area contributed by atoms with E-state index in [0.717, 1.165) is 24.8 Å². The number of ether oxygens (including phenoxy) is 1. The largest absolute Gasteiger partial charge is 0.379 e. The van der Waals surface area contributed by atoms with Gasteiger partial charge in [-0.05, 0) is 35.6 Å². The Hall–Kier alpha value is -2.22. The van der Waals surface area contributed by atoms with Crippen LogP contribution in [0.25, 0.3) is 0 Å². The molecule has 1 aliphatic rings. The van der Waals surface area contributed by atoms with Crippen molar-refractivity contribution in [3.63, 3.8) is 0 Å². The number of hydrogen-bond acceptors (Lipinski definition) is 4. The van der Waals surface area contributed by atoms with E-state index < -0.39 is 10.0 Å². The smallest absolute Gasteiger partial charge is 0.243 e. The fourth-order valence-corrected chi connectivity index (χ4v) is 5.10. The molecular weight excluding hydrogens is 400 g/mol. The molecule has 2 aromatic carbocycles. The van der Waals surface area contributed by atoms with Gasteiger partial charge in [0, 0.05) is 19.6 Å².